The zero-order chi connectivity index (χ0) is 12.5. The SMILES string of the molecule is O=c1ncn(-c2ccc(F)cc2)c2ccccc12. The number of aromatic nitrogens is 2. The van der Waals surface area contributed by atoms with E-state index in [0.29, 0.717) is 5.39 Å². The highest BCUT2D eigenvalue weighted by atomic mass is 19.1. The molecule has 0 amide bonds. The van der Waals surface area contributed by atoms with Crippen molar-refractivity contribution in [2.45, 2.75) is 0 Å². The van der Waals surface area contributed by atoms with Gasteiger partial charge < -0.3 is 4.57 Å². The Morgan fingerprint density at radius 1 is 1.00 bits per heavy atom. The van der Waals surface area contributed by atoms with Gasteiger partial charge in [-0.25, -0.2) is 4.39 Å². The van der Waals surface area contributed by atoms with Gasteiger partial charge in [0.15, 0.2) is 0 Å². The van der Waals surface area contributed by atoms with Gasteiger partial charge in [-0.15, -0.1) is 0 Å². The normalized spacial score (nSPS) is 10.7. The average Bonchev–Trinajstić information content (AvgIpc) is 2.41. The van der Waals surface area contributed by atoms with Crippen LogP contribution in [0.5, 0.6) is 0 Å². The molecule has 0 spiro atoms. The highest BCUT2D eigenvalue weighted by Crippen LogP contribution is 2.15. The zero-order valence-corrected chi connectivity index (χ0v) is 9.38. The summed E-state index contributed by atoms with van der Waals surface area (Å²) in [5.74, 6) is -0.294. The second-order valence-electron chi connectivity index (χ2n) is 3.91. The molecule has 0 fully saturated rings. The Hall–Kier alpha value is -2.49. The third-order valence-electron chi connectivity index (χ3n) is 2.79. The predicted molar refractivity (Wildman–Crippen MR) is 67.3 cm³/mol. The van der Waals surface area contributed by atoms with Gasteiger partial charge in [0.1, 0.15) is 12.1 Å². The van der Waals surface area contributed by atoms with E-state index in [-0.39, 0.29) is 11.4 Å². The zero-order valence-electron chi connectivity index (χ0n) is 9.38. The number of hydrogen-bond acceptors (Lipinski definition) is 2. The summed E-state index contributed by atoms with van der Waals surface area (Å²) in [5.41, 5.74) is 1.26. The smallest absolute Gasteiger partial charge is 0.280 e. The average molecular weight is 240 g/mol. The molecule has 0 saturated heterocycles. The Labute approximate surface area is 102 Å². The van der Waals surface area contributed by atoms with Crippen molar-refractivity contribution in [1.82, 2.24) is 9.55 Å². The number of hydrogen-bond donors (Lipinski definition) is 0. The molecule has 1 heterocycles. The lowest BCUT2D eigenvalue weighted by atomic mass is 10.2. The van der Waals surface area contributed by atoms with Crippen molar-refractivity contribution >= 4 is 10.9 Å². The van der Waals surface area contributed by atoms with Crippen LogP contribution in [0.1, 0.15) is 0 Å². The van der Waals surface area contributed by atoms with Crippen LogP contribution in [0.4, 0.5) is 4.39 Å². The molecule has 4 heteroatoms. The lowest BCUT2D eigenvalue weighted by Gasteiger charge is -2.09. The number of halogens is 1. The summed E-state index contributed by atoms with van der Waals surface area (Å²) < 4.78 is 14.7. The van der Waals surface area contributed by atoms with Gasteiger partial charge in [0.25, 0.3) is 5.56 Å². The summed E-state index contributed by atoms with van der Waals surface area (Å²) in [5, 5.41) is 0.546. The first-order valence-electron chi connectivity index (χ1n) is 5.48. The maximum atomic E-state index is 12.9. The minimum Gasteiger partial charge on any atom is -0.300 e. The lowest BCUT2D eigenvalue weighted by Crippen LogP contribution is -2.11. The molecule has 0 unspecified atom stereocenters. The molecule has 0 atom stereocenters. The molecule has 0 aliphatic carbocycles. The van der Waals surface area contributed by atoms with E-state index >= 15 is 0 Å². The Bertz CT molecular complexity index is 763. The number of nitrogens with zero attached hydrogens (tertiary/aromatic N) is 2. The molecule has 2 aromatic carbocycles. The van der Waals surface area contributed by atoms with Gasteiger partial charge in [-0.05, 0) is 36.4 Å². The van der Waals surface area contributed by atoms with E-state index in [4.69, 9.17) is 0 Å². The van der Waals surface area contributed by atoms with E-state index in [9.17, 15) is 9.18 Å². The van der Waals surface area contributed by atoms with Crippen LogP contribution in [0.15, 0.2) is 59.7 Å². The van der Waals surface area contributed by atoms with E-state index in [2.05, 4.69) is 4.98 Å². The quantitative estimate of drug-likeness (QED) is 0.655. The van der Waals surface area contributed by atoms with E-state index < -0.39 is 0 Å². The van der Waals surface area contributed by atoms with Gasteiger partial charge in [-0.2, -0.15) is 4.98 Å². The Morgan fingerprint density at radius 2 is 1.72 bits per heavy atom. The predicted octanol–water partition coefficient (Wildman–Crippen LogP) is 2.52. The van der Waals surface area contributed by atoms with Crippen LogP contribution in [0, 0.1) is 5.82 Å². The first-order valence-corrected chi connectivity index (χ1v) is 5.48. The van der Waals surface area contributed by atoms with Crippen molar-refractivity contribution in [3.8, 4) is 5.69 Å². The maximum Gasteiger partial charge on any atom is 0.280 e. The number of fused-ring (bicyclic) bond motifs is 1. The van der Waals surface area contributed by atoms with Crippen LogP contribution in [0.3, 0.4) is 0 Å². The topological polar surface area (TPSA) is 34.9 Å². The van der Waals surface area contributed by atoms with E-state index in [1.54, 1.807) is 28.8 Å². The van der Waals surface area contributed by atoms with Gasteiger partial charge >= 0.3 is 0 Å². The standard InChI is InChI=1S/C14H9FN2O/c15-10-5-7-11(8-6-10)17-9-16-14(18)12-3-1-2-4-13(12)17/h1-9H. The van der Waals surface area contributed by atoms with Crippen LogP contribution in [-0.2, 0) is 0 Å². The summed E-state index contributed by atoms with van der Waals surface area (Å²) in [4.78, 5) is 15.5. The molecular formula is C14H9FN2O. The van der Waals surface area contributed by atoms with Crippen molar-refractivity contribution in [2.24, 2.45) is 0 Å². The molecular weight excluding hydrogens is 231 g/mol. The van der Waals surface area contributed by atoms with Crippen LogP contribution < -0.4 is 5.56 Å². The van der Waals surface area contributed by atoms with E-state index in [1.807, 2.05) is 12.1 Å². The van der Waals surface area contributed by atoms with Gasteiger partial charge in [-0.1, -0.05) is 12.1 Å². The summed E-state index contributed by atoms with van der Waals surface area (Å²) in [6.07, 6.45) is 1.46. The molecule has 0 N–H and O–H groups in total. The lowest BCUT2D eigenvalue weighted by molar-refractivity contribution is 0.627. The van der Waals surface area contributed by atoms with Gasteiger partial charge in [0, 0.05) is 5.69 Å². The maximum absolute atomic E-state index is 12.9. The molecule has 0 saturated carbocycles. The molecule has 0 aliphatic heterocycles. The fourth-order valence-corrected chi connectivity index (χ4v) is 1.91. The monoisotopic (exact) mass is 240 g/mol. The number of benzene rings is 2. The van der Waals surface area contributed by atoms with Crippen molar-refractivity contribution in [3.05, 3.63) is 71.0 Å². The second-order valence-corrected chi connectivity index (χ2v) is 3.91. The fraction of sp³-hybridized carbons (Fsp3) is 0. The first kappa shape index (κ1) is 10.7. The van der Waals surface area contributed by atoms with Gasteiger partial charge in [-0.3, -0.25) is 4.79 Å². The molecule has 0 bridgehead atoms. The summed E-state index contributed by atoms with van der Waals surface area (Å²) in [6.45, 7) is 0. The van der Waals surface area contributed by atoms with Gasteiger partial charge in [0.2, 0.25) is 0 Å². The Morgan fingerprint density at radius 3 is 2.50 bits per heavy atom. The Kier molecular flexibility index (Phi) is 2.41. The van der Waals surface area contributed by atoms with Crippen molar-refractivity contribution in [2.75, 3.05) is 0 Å². The molecule has 0 radical (unpaired) electrons. The van der Waals surface area contributed by atoms with E-state index in [0.717, 1.165) is 11.2 Å². The molecule has 88 valence electrons. The first-order chi connectivity index (χ1) is 8.75. The molecule has 3 aromatic rings. The van der Waals surface area contributed by atoms with Crippen LogP contribution in [0.25, 0.3) is 16.6 Å². The summed E-state index contributed by atoms with van der Waals surface area (Å²) in [7, 11) is 0. The number of rotatable bonds is 1. The third kappa shape index (κ3) is 1.68. The molecule has 3 nitrogen and oxygen atoms in total. The van der Waals surface area contributed by atoms with Crippen molar-refractivity contribution in [3.63, 3.8) is 0 Å². The number of para-hydroxylation sites is 1. The largest absolute Gasteiger partial charge is 0.300 e. The van der Waals surface area contributed by atoms with Crippen LogP contribution in [0.2, 0.25) is 0 Å². The molecule has 0 aliphatic rings. The van der Waals surface area contributed by atoms with Crippen LogP contribution >= 0.6 is 0 Å². The second kappa shape index (κ2) is 4.07. The van der Waals surface area contributed by atoms with Crippen molar-refractivity contribution in [1.29, 1.82) is 0 Å². The van der Waals surface area contributed by atoms with E-state index in [1.165, 1.54) is 18.5 Å². The molecule has 18 heavy (non-hydrogen) atoms. The molecule has 1 aromatic heterocycles. The highest BCUT2D eigenvalue weighted by Gasteiger charge is 2.04. The minimum absolute atomic E-state index is 0.260. The van der Waals surface area contributed by atoms with Gasteiger partial charge in [0.05, 0.1) is 10.9 Å². The fourth-order valence-electron chi connectivity index (χ4n) is 1.91. The summed E-state index contributed by atoms with van der Waals surface area (Å²) in [6, 6.07) is 13.3. The van der Waals surface area contributed by atoms with Crippen molar-refractivity contribution < 1.29 is 4.39 Å². The highest BCUT2D eigenvalue weighted by molar-refractivity contribution is 5.79. The Balaban J connectivity index is 2.33. The summed E-state index contributed by atoms with van der Waals surface area (Å²) >= 11 is 0. The third-order valence-corrected chi connectivity index (χ3v) is 2.79. The van der Waals surface area contributed by atoms with Crippen LogP contribution in [-0.4, -0.2) is 9.55 Å². The minimum atomic E-state index is -0.294. The molecule has 3 rings (SSSR count).